The molecular weight excluding hydrogens is 929 g/mol. The standard InChI is InChI=1S/C28H38N2O3.C20H24N2O3.C10H20O3S/c1-19(2)20-4-7-23(8-5-20)33-24-9-10-25-21(17-24)3-6-22(30-25)18-29-28-14-11-27(12-15-28,13-16-28)26(31)32;1-25-18(24)19-6-9-20(10-7-19,11-8-19)21-13-15-3-2-14-12-16(23)4-5-17(14)22-15;1-8(2)9-4-6-10(7-5-9)13-14(3,11)12/h3,6,9-10,17,19-20,23,29H,4-5,7-8,11-16,18H2,1-2H3,(H,31,32);2-5,12,21,23H,6-11,13H2,1H3;8-10H,4-7H2,1-3H3. The Labute approximate surface area is 428 Å². The van der Waals surface area contributed by atoms with Crippen molar-refractivity contribution in [3.05, 3.63) is 72.1 Å². The van der Waals surface area contributed by atoms with Crippen molar-refractivity contribution in [2.45, 2.75) is 192 Å². The van der Waals surface area contributed by atoms with Crippen LogP contribution in [0.2, 0.25) is 0 Å². The molecule has 2 aromatic carbocycles. The van der Waals surface area contributed by atoms with Crippen molar-refractivity contribution in [1.29, 1.82) is 0 Å². The molecular formula is C58H82N4O9S. The molecule has 72 heavy (non-hydrogen) atoms. The van der Waals surface area contributed by atoms with Gasteiger partial charge < -0.3 is 30.3 Å². The number of fused-ring (bicyclic) bond motifs is 8. The predicted octanol–water partition coefficient (Wildman–Crippen LogP) is 11.6. The van der Waals surface area contributed by atoms with Crippen LogP contribution in [0.1, 0.15) is 167 Å². The maximum atomic E-state index is 12.1. The molecule has 8 saturated carbocycles. The monoisotopic (exact) mass is 1010 g/mol. The largest absolute Gasteiger partial charge is 0.508 e. The first-order valence-corrected chi connectivity index (χ1v) is 29.0. The third-order valence-corrected chi connectivity index (χ3v) is 18.9. The SMILES string of the molecule is CC(C)C1CCC(OS(C)(=O)=O)CC1.CC(C)C1CCC(Oc2ccc3nc(CNC45CCC(C(=O)O)(CC4)CC5)ccc3c2)CC1.COC(=O)C12CCC(NCc3ccc4cc(O)ccc4n3)(CC1)CC2. The number of carbonyl (C=O) groups is 2. The van der Waals surface area contributed by atoms with Crippen molar-refractivity contribution in [3.8, 4) is 11.5 Å². The van der Waals surface area contributed by atoms with E-state index in [4.69, 9.17) is 18.6 Å². The van der Waals surface area contributed by atoms with E-state index in [0.29, 0.717) is 12.0 Å². The van der Waals surface area contributed by atoms with Gasteiger partial charge >= 0.3 is 11.9 Å². The van der Waals surface area contributed by atoms with Crippen LogP contribution >= 0.6 is 0 Å². The number of aromatic nitrogens is 2. The molecule has 4 N–H and O–H groups in total. The molecule has 12 rings (SSSR count). The lowest BCUT2D eigenvalue weighted by atomic mass is 9.57. The van der Waals surface area contributed by atoms with Crippen LogP contribution in [0.5, 0.6) is 11.5 Å². The summed E-state index contributed by atoms with van der Waals surface area (Å²) in [6, 6.07) is 19.8. The number of nitrogens with one attached hydrogen (secondary N) is 2. The van der Waals surface area contributed by atoms with E-state index in [0.717, 1.165) is 192 Å². The third-order valence-electron chi connectivity index (χ3n) is 18.2. The molecule has 0 aliphatic heterocycles. The number of hydrogen-bond acceptors (Lipinski definition) is 12. The van der Waals surface area contributed by atoms with Crippen LogP contribution in [0.4, 0.5) is 0 Å². The second-order valence-electron chi connectivity index (χ2n) is 23.4. The second kappa shape index (κ2) is 22.6. The number of ether oxygens (including phenoxy) is 2. The minimum Gasteiger partial charge on any atom is -0.508 e. The van der Waals surface area contributed by atoms with Crippen LogP contribution in [0, 0.1) is 34.5 Å². The van der Waals surface area contributed by atoms with Crippen molar-refractivity contribution in [1.82, 2.24) is 20.6 Å². The molecule has 8 aliphatic rings. The fraction of sp³-hybridized carbons (Fsp3) is 0.655. The first-order chi connectivity index (χ1) is 34.3. The number of phenolic OH excluding ortho intramolecular Hbond substituents is 1. The first kappa shape index (κ1) is 53.9. The molecule has 0 saturated heterocycles. The van der Waals surface area contributed by atoms with Crippen molar-refractivity contribution < 1.29 is 41.9 Å². The summed E-state index contributed by atoms with van der Waals surface area (Å²) in [6.45, 7) is 10.6. The number of carboxylic acid groups (broad SMARTS) is 1. The zero-order valence-electron chi connectivity index (χ0n) is 43.8. The van der Waals surface area contributed by atoms with Crippen molar-refractivity contribution in [3.63, 3.8) is 0 Å². The number of pyridine rings is 2. The zero-order valence-corrected chi connectivity index (χ0v) is 44.7. The van der Waals surface area contributed by atoms with Crippen molar-refractivity contribution in [2.75, 3.05) is 13.4 Å². The van der Waals surface area contributed by atoms with Crippen LogP contribution < -0.4 is 15.4 Å². The van der Waals surface area contributed by atoms with Gasteiger partial charge in [0, 0.05) is 34.9 Å². The normalized spacial score (nSPS) is 30.1. The highest BCUT2D eigenvalue weighted by Crippen LogP contribution is 2.54. The fourth-order valence-corrected chi connectivity index (χ4v) is 13.7. The lowest BCUT2D eigenvalue weighted by Crippen LogP contribution is -2.56. The molecule has 4 bridgehead atoms. The Bertz CT molecular complexity index is 2570. The Morgan fingerprint density at radius 3 is 1.51 bits per heavy atom. The van der Waals surface area contributed by atoms with E-state index in [9.17, 15) is 28.2 Å². The zero-order chi connectivity index (χ0) is 51.3. The molecule has 8 fully saturated rings. The first-order valence-electron chi connectivity index (χ1n) is 27.1. The number of aliphatic carboxylic acids is 1. The fourth-order valence-electron chi connectivity index (χ4n) is 13.0. The van der Waals surface area contributed by atoms with Gasteiger partial charge in [0.05, 0.1) is 58.8 Å². The van der Waals surface area contributed by atoms with E-state index < -0.39 is 21.5 Å². The van der Waals surface area contributed by atoms with Gasteiger partial charge in [-0.2, -0.15) is 8.42 Å². The Hall–Kier alpha value is -4.37. The molecule has 2 heterocycles. The molecule has 14 heteroatoms. The summed E-state index contributed by atoms with van der Waals surface area (Å²) in [4.78, 5) is 33.4. The summed E-state index contributed by atoms with van der Waals surface area (Å²) < 4.78 is 38.1. The van der Waals surface area contributed by atoms with Gasteiger partial charge in [0.15, 0.2) is 0 Å². The summed E-state index contributed by atoms with van der Waals surface area (Å²) >= 11 is 0. The van der Waals surface area contributed by atoms with E-state index in [1.165, 1.54) is 20.0 Å². The average molecular weight is 1010 g/mol. The summed E-state index contributed by atoms with van der Waals surface area (Å²) in [7, 11) is -1.76. The number of methoxy groups -OCH3 is 1. The van der Waals surface area contributed by atoms with Gasteiger partial charge in [0.2, 0.25) is 0 Å². The summed E-state index contributed by atoms with van der Waals surface area (Å²) in [6.07, 6.45) is 21.2. The highest BCUT2D eigenvalue weighted by molar-refractivity contribution is 7.86. The number of esters is 1. The molecule has 0 atom stereocenters. The predicted molar refractivity (Wildman–Crippen MR) is 282 cm³/mol. The smallest absolute Gasteiger partial charge is 0.311 e. The molecule has 4 aromatic rings. The lowest BCUT2D eigenvalue weighted by molar-refractivity contribution is -0.160. The average Bonchev–Trinajstić information content (AvgIpc) is 3.38. The number of carboxylic acids is 1. The molecule has 8 aliphatic carbocycles. The van der Waals surface area contributed by atoms with Crippen molar-refractivity contribution >= 4 is 43.9 Å². The van der Waals surface area contributed by atoms with Crippen molar-refractivity contribution in [2.24, 2.45) is 34.5 Å². The second-order valence-corrected chi connectivity index (χ2v) is 25.0. The molecule has 0 spiro atoms. The number of hydrogen-bond donors (Lipinski definition) is 4. The number of carbonyl (C=O) groups excluding carboxylic acids is 1. The minimum absolute atomic E-state index is 0.0275. The number of phenols is 1. The minimum atomic E-state index is -3.26. The van der Waals surface area contributed by atoms with E-state index in [-0.39, 0.29) is 34.3 Å². The van der Waals surface area contributed by atoms with Crippen LogP contribution in [-0.4, -0.2) is 77.2 Å². The number of aromatic hydroxyl groups is 1. The lowest BCUT2D eigenvalue weighted by Gasteiger charge is -2.52. The van der Waals surface area contributed by atoms with E-state index in [1.807, 2.05) is 18.2 Å². The summed E-state index contributed by atoms with van der Waals surface area (Å²) in [5.74, 6) is 3.66. The van der Waals surface area contributed by atoms with Crippen LogP contribution in [0.3, 0.4) is 0 Å². The van der Waals surface area contributed by atoms with E-state index in [1.54, 1.807) is 12.1 Å². The molecule has 0 unspecified atom stereocenters. The highest BCUT2D eigenvalue weighted by atomic mass is 32.2. The van der Waals surface area contributed by atoms with Gasteiger partial charge in [0.25, 0.3) is 10.1 Å². The maximum absolute atomic E-state index is 12.1. The number of rotatable bonds is 14. The van der Waals surface area contributed by atoms with Crippen LogP contribution in [-0.2, 0) is 41.7 Å². The molecule has 0 radical (unpaired) electrons. The quantitative estimate of drug-likeness (QED) is 0.0691. The Morgan fingerprint density at radius 2 is 1.07 bits per heavy atom. The van der Waals surface area contributed by atoms with Crippen LogP contribution in [0.25, 0.3) is 21.8 Å². The number of benzene rings is 2. The Kier molecular flexibility index (Phi) is 16.9. The summed E-state index contributed by atoms with van der Waals surface area (Å²) in [5.41, 5.74) is 3.45. The number of nitrogens with zero attached hydrogens (tertiary/aromatic N) is 2. The topological polar surface area (TPSA) is 186 Å². The maximum Gasteiger partial charge on any atom is 0.311 e. The molecule has 394 valence electrons. The van der Waals surface area contributed by atoms with Gasteiger partial charge in [0.1, 0.15) is 11.5 Å². The van der Waals surface area contributed by atoms with E-state index in [2.05, 4.69) is 73.6 Å². The molecule has 13 nitrogen and oxygen atoms in total. The molecule has 0 amide bonds. The summed E-state index contributed by atoms with van der Waals surface area (Å²) in [5, 5.41) is 28.7. The van der Waals surface area contributed by atoms with Crippen LogP contribution in [0.15, 0.2) is 60.7 Å². The van der Waals surface area contributed by atoms with Gasteiger partial charge in [-0.1, -0.05) is 39.8 Å². The third kappa shape index (κ3) is 13.1. The highest BCUT2D eigenvalue weighted by Gasteiger charge is 2.54. The Balaban J connectivity index is 0.000000157. The molecule has 2 aromatic heterocycles. The Morgan fingerprint density at radius 1 is 0.625 bits per heavy atom. The van der Waals surface area contributed by atoms with Gasteiger partial charge in [-0.25, -0.2) is 0 Å². The van der Waals surface area contributed by atoms with Gasteiger partial charge in [-0.15, -0.1) is 0 Å². The van der Waals surface area contributed by atoms with Gasteiger partial charge in [-0.3, -0.25) is 23.7 Å². The van der Waals surface area contributed by atoms with Gasteiger partial charge in [-0.05, 0) is 201 Å². The van der Waals surface area contributed by atoms with E-state index >= 15 is 0 Å².